The smallest absolute Gasteiger partial charge is 0.122 e. The summed E-state index contributed by atoms with van der Waals surface area (Å²) in [6.07, 6.45) is 2.41. The van der Waals surface area contributed by atoms with Gasteiger partial charge in [-0.3, -0.25) is 4.90 Å². The molecular weight excluding hydrogens is 212 g/mol. The maximum Gasteiger partial charge on any atom is 0.122 e. The zero-order valence-corrected chi connectivity index (χ0v) is 11.2. The first-order valence-corrected chi connectivity index (χ1v) is 6.64. The normalized spacial score (nSPS) is 30.8. The van der Waals surface area contributed by atoms with E-state index in [2.05, 4.69) is 35.2 Å². The molecule has 0 spiro atoms. The van der Waals surface area contributed by atoms with Gasteiger partial charge < -0.3 is 10.2 Å². The highest BCUT2D eigenvalue weighted by Crippen LogP contribution is 2.39. The molecule has 1 saturated heterocycles. The number of hydrogen-bond acceptors (Lipinski definition) is 4. The molecule has 1 N–H and O–H groups in total. The van der Waals surface area contributed by atoms with Crippen LogP contribution in [0.3, 0.4) is 0 Å². The summed E-state index contributed by atoms with van der Waals surface area (Å²) < 4.78 is 0. The first-order valence-electron chi connectivity index (χ1n) is 6.64. The number of nitrogens with one attached hydrogen (secondary N) is 1. The van der Waals surface area contributed by atoms with Crippen molar-refractivity contribution in [1.82, 2.24) is 15.1 Å². The second-order valence-corrected chi connectivity index (χ2v) is 5.67. The van der Waals surface area contributed by atoms with Crippen molar-refractivity contribution >= 4 is 0 Å². The van der Waals surface area contributed by atoms with Crippen molar-refractivity contribution in [3.05, 3.63) is 0 Å². The summed E-state index contributed by atoms with van der Waals surface area (Å²) in [5.74, 6) is 0.562. The van der Waals surface area contributed by atoms with Crippen LogP contribution in [0.2, 0.25) is 0 Å². The lowest BCUT2D eigenvalue weighted by Gasteiger charge is -2.41. The van der Waals surface area contributed by atoms with Crippen molar-refractivity contribution in [3.8, 4) is 6.07 Å². The third-order valence-corrected chi connectivity index (χ3v) is 4.44. The molecule has 2 unspecified atom stereocenters. The van der Waals surface area contributed by atoms with Crippen LogP contribution in [0.25, 0.3) is 0 Å². The minimum Gasteiger partial charge on any atom is -0.301 e. The van der Waals surface area contributed by atoms with Crippen LogP contribution in [0.1, 0.15) is 19.8 Å². The number of rotatable bonds is 4. The van der Waals surface area contributed by atoms with E-state index in [9.17, 15) is 5.26 Å². The largest absolute Gasteiger partial charge is 0.301 e. The first-order chi connectivity index (χ1) is 8.11. The van der Waals surface area contributed by atoms with E-state index in [4.69, 9.17) is 0 Å². The van der Waals surface area contributed by atoms with Crippen LogP contribution in [0, 0.1) is 17.2 Å². The summed E-state index contributed by atoms with van der Waals surface area (Å²) >= 11 is 0. The topological polar surface area (TPSA) is 42.3 Å². The van der Waals surface area contributed by atoms with E-state index in [0.29, 0.717) is 12.0 Å². The van der Waals surface area contributed by atoms with E-state index in [0.717, 1.165) is 26.2 Å². The molecule has 4 heteroatoms. The molecule has 1 aliphatic heterocycles. The average Bonchev–Trinajstić information content (AvgIpc) is 3.15. The minimum absolute atomic E-state index is 0.310. The number of nitrogens with zero attached hydrogens (tertiary/aromatic N) is 3. The van der Waals surface area contributed by atoms with Gasteiger partial charge in [0.05, 0.1) is 6.07 Å². The van der Waals surface area contributed by atoms with Gasteiger partial charge in [-0.15, -0.1) is 0 Å². The van der Waals surface area contributed by atoms with E-state index in [1.807, 2.05) is 7.05 Å². The lowest BCUT2D eigenvalue weighted by molar-refractivity contribution is 0.0854. The molecule has 96 valence electrons. The molecule has 2 rings (SSSR count). The van der Waals surface area contributed by atoms with Gasteiger partial charge in [0.2, 0.25) is 0 Å². The second-order valence-electron chi connectivity index (χ2n) is 5.67. The van der Waals surface area contributed by atoms with Crippen LogP contribution in [-0.2, 0) is 0 Å². The Bertz CT molecular complexity index is 307. The molecule has 4 nitrogen and oxygen atoms in total. The predicted octanol–water partition coefficient (Wildman–Crippen LogP) is 0.514. The van der Waals surface area contributed by atoms with Crippen molar-refractivity contribution in [2.45, 2.75) is 31.3 Å². The molecular formula is C13H24N4. The molecule has 17 heavy (non-hydrogen) atoms. The highest BCUT2D eigenvalue weighted by Gasteiger charge is 2.46. The zero-order chi connectivity index (χ0) is 12.5. The summed E-state index contributed by atoms with van der Waals surface area (Å²) in [6.45, 7) is 6.41. The molecule has 2 aliphatic rings. The van der Waals surface area contributed by atoms with Gasteiger partial charge >= 0.3 is 0 Å². The number of likely N-dealkylation sites (N-methyl/N-ethyl adjacent to an activating group) is 2. The lowest BCUT2D eigenvalue weighted by atomic mass is 9.94. The molecule has 2 fully saturated rings. The standard InChI is InChI=1S/C13H24N4/c1-11-8-17(7-6-16(11)3)10-13(9-14,15-2)12-4-5-12/h11-12,15H,4-8,10H2,1-3H3. The highest BCUT2D eigenvalue weighted by molar-refractivity contribution is 5.16. The van der Waals surface area contributed by atoms with Gasteiger partial charge in [0, 0.05) is 32.2 Å². The van der Waals surface area contributed by atoms with Crippen LogP contribution >= 0.6 is 0 Å². The maximum atomic E-state index is 9.49. The number of nitriles is 1. The Morgan fingerprint density at radius 1 is 1.41 bits per heavy atom. The molecule has 2 atom stereocenters. The summed E-state index contributed by atoms with van der Waals surface area (Å²) in [5, 5.41) is 12.8. The predicted molar refractivity (Wildman–Crippen MR) is 68.7 cm³/mol. The third-order valence-electron chi connectivity index (χ3n) is 4.44. The average molecular weight is 236 g/mol. The Balaban J connectivity index is 1.97. The van der Waals surface area contributed by atoms with Crippen LogP contribution in [0.15, 0.2) is 0 Å². The van der Waals surface area contributed by atoms with Crippen molar-refractivity contribution in [2.24, 2.45) is 5.92 Å². The summed E-state index contributed by atoms with van der Waals surface area (Å²) in [5.41, 5.74) is -0.310. The van der Waals surface area contributed by atoms with E-state index in [-0.39, 0.29) is 5.54 Å². The van der Waals surface area contributed by atoms with Gasteiger partial charge in [-0.1, -0.05) is 0 Å². The van der Waals surface area contributed by atoms with Gasteiger partial charge in [0.25, 0.3) is 0 Å². The highest BCUT2D eigenvalue weighted by atomic mass is 15.3. The van der Waals surface area contributed by atoms with Gasteiger partial charge in [-0.2, -0.15) is 5.26 Å². The molecule has 1 heterocycles. The second kappa shape index (κ2) is 4.93. The van der Waals surface area contributed by atoms with Crippen molar-refractivity contribution < 1.29 is 0 Å². The Hall–Kier alpha value is -0.630. The summed E-state index contributed by atoms with van der Waals surface area (Å²) in [4.78, 5) is 4.84. The quantitative estimate of drug-likeness (QED) is 0.772. The molecule has 0 aromatic rings. The van der Waals surface area contributed by atoms with Crippen molar-refractivity contribution in [2.75, 3.05) is 40.3 Å². The molecule has 0 aromatic heterocycles. The van der Waals surface area contributed by atoms with Gasteiger partial charge in [0.1, 0.15) is 5.54 Å². The van der Waals surface area contributed by atoms with Gasteiger partial charge in [0.15, 0.2) is 0 Å². The molecule has 1 saturated carbocycles. The fourth-order valence-corrected chi connectivity index (χ4v) is 2.79. The Morgan fingerprint density at radius 3 is 2.59 bits per heavy atom. The SMILES string of the molecule is CNC(C#N)(CN1CCN(C)C(C)C1)C1CC1. The van der Waals surface area contributed by atoms with E-state index >= 15 is 0 Å². The molecule has 0 amide bonds. The molecule has 1 aliphatic carbocycles. The summed E-state index contributed by atoms with van der Waals surface area (Å²) in [6, 6.07) is 3.13. The van der Waals surface area contributed by atoms with Crippen LogP contribution < -0.4 is 5.32 Å². The van der Waals surface area contributed by atoms with Crippen molar-refractivity contribution in [3.63, 3.8) is 0 Å². The summed E-state index contributed by atoms with van der Waals surface area (Å²) in [7, 11) is 4.11. The number of piperazine rings is 1. The lowest BCUT2D eigenvalue weighted by Crippen LogP contribution is -2.58. The fraction of sp³-hybridized carbons (Fsp3) is 0.923. The van der Waals surface area contributed by atoms with Crippen LogP contribution in [0.4, 0.5) is 0 Å². The van der Waals surface area contributed by atoms with E-state index in [1.165, 1.54) is 12.8 Å². The Morgan fingerprint density at radius 2 is 2.12 bits per heavy atom. The minimum atomic E-state index is -0.310. The fourth-order valence-electron chi connectivity index (χ4n) is 2.79. The first kappa shape index (κ1) is 12.8. The van der Waals surface area contributed by atoms with Gasteiger partial charge in [-0.25, -0.2) is 0 Å². The van der Waals surface area contributed by atoms with Gasteiger partial charge in [-0.05, 0) is 39.8 Å². The Labute approximate surface area is 105 Å². The van der Waals surface area contributed by atoms with Crippen LogP contribution in [-0.4, -0.2) is 61.7 Å². The van der Waals surface area contributed by atoms with E-state index < -0.39 is 0 Å². The number of hydrogen-bond donors (Lipinski definition) is 1. The maximum absolute atomic E-state index is 9.49. The zero-order valence-electron chi connectivity index (χ0n) is 11.2. The Kier molecular flexibility index (Phi) is 3.72. The molecule has 0 radical (unpaired) electrons. The molecule has 0 aromatic carbocycles. The monoisotopic (exact) mass is 236 g/mol. The molecule has 0 bridgehead atoms. The third kappa shape index (κ3) is 2.62. The van der Waals surface area contributed by atoms with Crippen molar-refractivity contribution in [1.29, 1.82) is 5.26 Å². The van der Waals surface area contributed by atoms with Crippen LogP contribution in [0.5, 0.6) is 0 Å². The van der Waals surface area contributed by atoms with E-state index in [1.54, 1.807) is 0 Å².